The minimum Gasteiger partial charge on any atom is -0.504 e. The van der Waals surface area contributed by atoms with Crippen LogP contribution in [0, 0.1) is 5.92 Å². The summed E-state index contributed by atoms with van der Waals surface area (Å²) >= 11 is 0. The lowest BCUT2D eigenvalue weighted by molar-refractivity contribution is -0.176. The average Bonchev–Trinajstić information content (AvgIpc) is 2.55. The van der Waals surface area contributed by atoms with Gasteiger partial charge in [0.1, 0.15) is 0 Å². The number of aliphatic hydroxyl groups is 1. The summed E-state index contributed by atoms with van der Waals surface area (Å²) in [5, 5.41) is 8.70. The van der Waals surface area contributed by atoms with E-state index in [2.05, 4.69) is 0 Å². The molecule has 0 heterocycles. The van der Waals surface area contributed by atoms with Crippen LogP contribution in [0.25, 0.3) is 0 Å². The van der Waals surface area contributed by atoms with Gasteiger partial charge in [0.25, 0.3) is 0 Å². The van der Waals surface area contributed by atoms with Gasteiger partial charge in [0.05, 0.1) is 5.92 Å². The fourth-order valence-electron chi connectivity index (χ4n) is 1.61. The van der Waals surface area contributed by atoms with Crippen molar-refractivity contribution in [1.82, 2.24) is 0 Å². The third-order valence-electron chi connectivity index (χ3n) is 2.45. The van der Waals surface area contributed by atoms with Crippen LogP contribution in [0.2, 0.25) is 0 Å². The Morgan fingerprint density at radius 3 is 2.00 bits per heavy atom. The monoisotopic (exact) mass is 276 g/mol. The number of aliphatic hydroxyl groups excluding tert-OH is 1. The molecule has 9 heteroatoms. The van der Waals surface area contributed by atoms with Gasteiger partial charge in [-0.2, -0.15) is 26.3 Å². The Morgan fingerprint density at radius 1 is 1.11 bits per heavy atom. The second-order valence-corrected chi connectivity index (χ2v) is 3.64. The first-order chi connectivity index (χ1) is 7.96. The summed E-state index contributed by atoms with van der Waals surface area (Å²) in [7, 11) is 0. The van der Waals surface area contributed by atoms with Crippen molar-refractivity contribution in [1.29, 1.82) is 0 Å². The van der Waals surface area contributed by atoms with Crippen molar-refractivity contribution in [2.24, 2.45) is 5.92 Å². The van der Waals surface area contributed by atoms with Crippen molar-refractivity contribution in [2.45, 2.75) is 25.2 Å². The molecule has 1 N–H and O–H groups in total. The van der Waals surface area contributed by atoms with Crippen LogP contribution in [0.15, 0.2) is 11.3 Å². The predicted molar refractivity (Wildman–Crippen MR) is 44.5 cm³/mol. The van der Waals surface area contributed by atoms with Crippen LogP contribution in [0.5, 0.6) is 0 Å². The Balaban J connectivity index is 3.04. The van der Waals surface area contributed by atoms with Gasteiger partial charge < -0.3 is 5.11 Å². The van der Waals surface area contributed by atoms with Gasteiger partial charge in [-0.15, -0.1) is 0 Å². The summed E-state index contributed by atoms with van der Waals surface area (Å²) in [5.41, 5.74) is -1.18. The van der Waals surface area contributed by atoms with E-state index < -0.39 is 54.0 Å². The van der Waals surface area contributed by atoms with E-state index in [9.17, 15) is 35.9 Å². The quantitative estimate of drug-likeness (QED) is 0.346. The summed E-state index contributed by atoms with van der Waals surface area (Å²) in [6.45, 7) is 0. The third kappa shape index (κ3) is 2.65. The SMILES string of the molecule is O=C1C(=C(O)C(F)(F)F)CCC1C(=O)C(F)(F)F. The largest absolute Gasteiger partial charge is 0.504 e. The van der Waals surface area contributed by atoms with E-state index in [1.165, 1.54) is 0 Å². The molecule has 0 radical (unpaired) electrons. The molecule has 18 heavy (non-hydrogen) atoms. The summed E-state index contributed by atoms with van der Waals surface area (Å²) in [6.07, 6.45) is -11.9. The smallest absolute Gasteiger partial charge is 0.450 e. The number of carbonyl (C=O) groups excluding carboxylic acids is 2. The zero-order chi connectivity index (χ0) is 14.3. The molecule has 1 fully saturated rings. The molecule has 1 rings (SSSR count). The number of carbonyl (C=O) groups is 2. The molecule has 1 atom stereocenters. The first-order valence-corrected chi connectivity index (χ1v) is 4.60. The minimum absolute atomic E-state index is 0.688. The van der Waals surface area contributed by atoms with Gasteiger partial charge in [-0.05, 0) is 12.8 Å². The second kappa shape index (κ2) is 4.29. The van der Waals surface area contributed by atoms with Crippen LogP contribution >= 0.6 is 0 Å². The molecular formula is C9H6F6O3. The molecule has 0 amide bonds. The van der Waals surface area contributed by atoms with Gasteiger partial charge in [-0.1, -0.05) is 0 Å². The maximum Gasteiger partial charge on any atom is 0.450 e. The van der Waals surface area contributed by atoms with Crippen LogP contribution in [-0.2, 0) is 9.59 Å². The molecule has 0 aromatic carbocycles. The predicted octanol–water partition coefficient (Wildman–Crippen LogP) is 2.47. The van der Waals surface area contributed by atoms with Crippen molar-refractivity contribution >= 4 is 11.6 Å². The minimum atomic E-state index is -5.29. The Morgan fingerprint density at radius 2 is 1.61 bits per heavy atom. The number of hydrogen-bond acceptors (Lipinski definition) is 3. The van der Waals surface area contributed by atoms with E-state index in [0.717, 1.165) is 0 Å². The Labute approximate surface area is 96.1 Å². The Kier molecular flexibility index (Phi) is 3.46. The van der Waals surface area contributed by atoms with Crippen molar-refractivity contribution in [2.75, 3.05) is 0 Å². The van der Waals surface area contributed by atoms with Gasteiger partial charge in [-0.25, -0.2) is 0 Å². The normalized spacial score (nSPS) is 24.3. The first-order valence-electron chi connectivity index (χ1n) is 4.60. The lowest BCUT2D eigenvalue weighted by Crippen LogP contribution is -2.33. The molecule has 1 unspecified atom stereocenters. The first kappa shape index (κ1) is 14.5. The molecule has 0 saturated heterocycles. The Hall–Kier alpha value is -1.54. The van der Waals surface area contributed by atoms with Crippen molar-refractivity contribution in [3.05, 3.63) is 11.3 Å². The third-order valence-corrected chi connectivity index (χ3v) is 2.45. The summed E-state index contributed by atoms with van der Waals surface area (Å²) in [5.74, 6) is -8.43. The molecule has 1 aliphatic rings. The zero-order valence-electron chi connectivity index (χ0n) is 8.52. The molecule has 1 aliphatic carbocycles. The molecule has 102 valence electrons. The highest BCUT2D eigenvalue weighted by Gasteiger charge is 2.51. The van der Waals surface area contributed by atoms with Crippen LogP contribution in [0.3, 0.4) is 0 Å². The number of allylic oxidation sites excluding steroid dienone is 2. The van der Waals surface area contributed by atoms with E-state index in [1.807, 2.05) is 0 Å². The summed E-state index contributed by atoms with van der Waals surface area (Å²) in [6, 6.07) is 0. The van der Waals surface area contributed by atoms with Gasteiger partial charge in [0.15, 0.2) is 5.78 Å². The summed E-state index contributed by atoms with van der Waals surface area (Å²) in [4.78, 5) is 22.0. The van der Waals surface area contributed by atoms with Gasteiger partial charge in [0, 0.05) is 5.57 Å². The number of rotatable bonds is 1. The molecule has 3 nitrogen and oxygen atoms in total. The van der Waals surface area contributed by atoms with E-state index in [-0.39, 0.29) is 0 Å². The topological polar surface area (TPSA) is 54.4 Å². The number of hydrogen-bond donors (Lipinski definition) is 1. The molecule has 0 aromatic rings. The second-order valence-electron chi connectivity index (χ2n) is 3.64. The van der Waals surface area contributed by atoms with Crippen LogP contribution in [0.1, 0.15) is 12.8 Å². The van der Waals surface area contributed by atoms with Crippen molar-refractivity contribution in [3.8, 4) is 0 Å². The van der Waals surface area contributed by atoms with E-state index in [1.54, 1.807) is 0 Å². The zero-order valence-corrected chi connectivity index (χ0v) is 8.52. The van der Waals surface area contributed by atoms with Crippen molar-refractivity contribution in [3.63, 3.8) is 0 Å². The van der Waals surface area contributed by atoms with E-state index in [4.69, 9.17) is 5.11 Å². The highest BCUT2D eigenvalue weighted by molar-refractivity contribution is 6.13. The standard InChI is InChI=1S/C9H6F6O3/c10-8(11,12)6(17)3-1-2-4(5(3)16)7(18)9(13,14)15/h3,18H,1-2H2. The number of alkyl halides is 6. The average molecular weight is 276 g/mol. The van der Waals surface area contributed by atoms with Crippen LogP contribution < -0.4 is 0 Å². The van der Waals surface area contributed by atoms with Gasteiger partial charge >= 0.3 is 12.4 Å². The maximum absolute atomic E-state index is 12.1. The lowest BCUT2D eigenvalue weighted by atomic mass is 10.00. The molecule has 1 saturated carbocycles. The maximum atomic E-state index is 12.1. The summed E-state index contributed by atoms with van der Waals surface area (Å²) < 4.78 is 72.3. The lowest BCUT2D eigenvalue weighted by Gasteiger charge is -2.10. The van der Waals surface area contributed by atoms with Crippen LogP contribution in [0.4, 0.5) is 26.3 Å². The van der Waals surface area contributed by atoms with Gasteiger partial charge in [0.2, 0.25) is 11.5 Å². The van der Waals surface area contributed by atoms with E-state index in [0.29, 0.717) is 0 Å². The Bertz CT molecular complexity index is 417. The van der Waals surface area contributed by atoms with Crippen molar-refractivity contribution < 1.29 is 41.0 Å². The fourth-order valence-corrected chi connectivity index (χ4v) is 1.61. The highest BCUT2D eigenvalue weighted by atomic mass is 19.4. The molecule has 0 aromatic heterocycles. The van der Waals surface area contributed by atoms with E-state index >= 15 is 0 Å². The fraction of sp³-hybridized carbons (Fsp3) is 0.556. The van der Waals surface area contributed by atoms with Gasteiger partial charge in [-0.3, -0.25) is 9.59 Å². The molecule has 0 bridgehead atoms. The molecular weight excluding hydrogens is 270 g/mol. The number of Topliss-reactive ketones (excluding diaryl/α,β-unsaturated/α-hetero) is 2. The van der Waals surface area contributed by atoms with Crippen LogP contribution in [-0.4, -0.2) is 29.0 Å². The number of halogens is 6. The number of ketones is 2. The molecule has 0 spiro atoms. The highest BCUT2D eigenvalue weighted by Crippen LogP contribution is 2.37. The molecule has 0 aliphatic heterocycles.